The monoisotopic (exact) mass is 314 g/mol. The van der Waals surface area contributed by atoms with Crippen LogP contribution in [0.4, 0.5) is 4.79 Å². The highest BCUT2D eigenvalue weighted by atomic mass is 16.6. The average molecular weight is 314 g/mol. The minimum Gasteiger partial charge on any atom is -0.444 e. The molecular weight excluding hydrogens is 284 g/mol. The van der Waals surface area contributed by atoms with Crippen LogP contribution in [-0.2, 0) is 9.53 Å². The van der Waals surface area contributed by atoms with Crippen LogP contribution in [0.1, 0.15) is 53.9 Å². The minimum absolute atomic E-state index is 0.0193. The molecule has 3 unspecified atom stereocenters. The number of hydrogen-bond acceptors (Lipinski definition) is 4. The van der Waals surface area contributed by atoms with Crippen molar-refractivity contribution in [1.82, 2.24) is 10.2 Å². The first-order chi connectivity index (χ1) is 10.2. The van der Waals surface area contributed by atoms with E-state index in [-0.39, 0.29) is 17.9 Å². The van der Waals surface area contributed by atoms with Crippen molar-refractivity contribution in [3.63, 3.8) is 0 Å². The van der Waals surface area contributed by atoms with Crippen molar-refractivity contribution in [2.75, 3.05) is 13.1 Å². The summed E-state index contributed by atoms with van der Waals surface area (Å²) in [5.74, 6) is 0.0261. The molecular formula is C16H30N2O4. The molecule has 0 radical (unpaired) electrons. The van der Waals surface area contributed by atoms with E-state index in [1.54, 1.807) is 4.90 Å². The number of rotatable bonds is 4. The second-order valence-electron chi connectivity index (χ2n) is 6.97. The largest absolute Gasteiger partial charge is 0.444 e. The number of carbonyl (C=O) groups is 2. The van der Waals surface area contributed by atoms with E-state index in [4.69, 9.17) is 4.74 Å². The summed E-state index contributed by atoms with van der Waals surface area (Å²) < 4.78 is 5.27. The fourth-order valence-corrected chi connectivity index (χ4v) is 2.76. The summed E-state index contributed by atoms with van der Waals surface area (Å²) in [6, 6.07) is -0.190. The molecule has 0 aromatic carbocycles. The Morgan fingerprint density at radius 1 is 1.32 bits per heavy atom. The quantitative estimate of drug-likeness (QED) is 0.831. The van der Waals surface area contributed by atoms with Crippen molar-refractivity contribution in [2.24, 2.45) is 5.92 Å². The zero-order chi connectivity index (χ0) is 16.9. The molecule has 0 spiro atoms. The van der Waals surface area contributed by atoms with Crippen LogP contribution in [0.15, 0.2) is 0 Å². The van der Waals surface area contributed by atoms with Gasteiger partial charge >= 0.3 is 6.09 Å². The number of hydrogen-bond donors (Lipinski definition) is 2. The number of nitrogens with one attached hydrogen (secondary N) is 1. The van der Waals surface area contributed by atoms with Gasteiger partial charge in [0.05, 0.1) is 12.1 Å². The van der Waals surface area contributed by atoms with Gasteiger partial charge in [-0.2, -0.15) is 0 Å². The zero-order valence-corrected chi connectivity index (χ0v) is 14.4. The summed E-state index contributed by atoms with van der Waals surface area (Å²) in [6.07, 6.45) is 0.775. The van der Waals surface area contributed by atoms with Crippen LogP contribution in [0.25, 0.3) is 0 Å². The van der Waals surface area contributed by atoms with E-state index in [0.29, 0.717) is 32.4 Å². The number of carbonyl (C=O) groups excluding carboxylic acids is 2. The molecule has 2 amide bonds. The van der Waals surface area contributed by atoms with E-state index in [2.05, 4.69) is 5.32 Å². The molecule has 0 aromatic heterocycles. The molecule has 6 nitrogen and oxygen atoms in total. The van der Waals surface area contributed by atoms with Crippen LogP contribution in [0.3, 0.4) is 0 Å². The third-order valence-electron chi connectivity index (χ3n) is 3.82. The lowest BCUT2D eigenvalue weighted by atomic mass is 9.88. The predicted octanol–water partition coefficient (Wildman–Crippen LogP) is 1.91. The number of likely N-dealkylation sites (tertiary alicyclic amines) is 1. The van der Waals surface area contributed by atoms with Crippen molar-refractivity contribution in [3.8, 4) is 0 Å². The smallest absolute Gasteiger partial charge is 0.407 e. The lowest BCUT2D eigenvalue weighted by molar-refractivity contribution is -0.134. The van der Waals surface area contributed by atoms with E-state index < -0.39 is 17.8 Å². The molecule has 0 aromatic rings. The summed E-state index contributed by atoms with van der Waals surface area (Å²) >= 11 is 0. The predicted molar refractivity (Wildman–Crippen MR) is 84.4 cm³/mol. The highest BCUT2D eigenvalue weighted by Gasteiger charge is 2.34. The fraction of sp³-hybridized carbons (Fsp3) is 0.875. The fourth-order valence-electron chi connectivity index (χ4n) is 2.76. The van der Waals surface area contributed by atoms with Crippen LogP contribution in [0, 0.1) is 5.92 Å². The number of ether oxygens (including phenoxy) is 1. The third-order valence-corrected chi connectivity index (χ3v) is 3.82. The van der Waals surface area contributed by atoms with E-state index in [0.717, 1.165) is 0 Å². The molecule has 128 valence electrons. The summed E-state index contributed by atoms with van der Waals surface area (Å²) in [5, 5.41) is 12.9. The van der Waals surface area contributed by atoms with Gasteiger partial charge in [0.25, 0.3) is 0 Å². The van der Waals surface area contributed by atoms with Gasteiger partial charge in [0.1, 0.15) is 5.60 Å². The molecule has 1 saturated heterocycles. The van der Waals surface area contributed by atoms with Gasteiger partial charge in [-0.15, -0.1) is 0 Å². The van der Waals surface area contributed by atoms with Gasteiger partial charge in [0, 0.05) is 25.4 Å². The van der Waals surface area contributed by atoms with Crippen LogP contribution >= 0.6 is 0 Å². The highest BCUT2D eigenvalue weighted by Crippen LogP contribution is 2.23. The molecule has 1 heterocycles. The minimum atomic E-state index is -0.556. The van der Waals surface area contributed by atoms with Gasteiger partial charge in [-0.1, -0.05) is 13.8 Å². The first-order valence-electron chi connectivity index (χ1n) is 8.11. The van der Waals surface area contributed by atoms with Crippen molar-refractivity contribution >= 4 is 12.0 Å². The molecule has 0 aliphatic carbocycles. The van der Waals surface area contributed by atoms with Crippen molar-refractivity contribution in [3.05, 3.63) is 0 Å². The van der Waals surface area contributed by atoms with Crippen LogP contribution in [0.2, 0.25) is 0 Å². The Kier molecular flexibility index (Phi) is 6.66. The van der Waals surface area contributed by atoms with Gasteiger partial charge in [-0.3, -0.25) is 4.79 Å². The number of aliphatic hydroxyl groups excluding tert-OH is 1. The molecule has 6 heteroatoms. The lowest BCUT2D eigenvalue weighted by Crippen LogP contribution is -2.55. The Bertz CT molecular complexity index is 392. The first kappa shape index (κ1) is 18.7. The topological polar surface area (TPSA) is 78.9 Å². The number of amides is 2. The second kappa shape index (κ2) is 7.81. The highest BCUT2D eigenvalue weighted by molar-refractivity contribution is 5.76. The van der Waals surface area contributed by atoms with Crippen molar-refractivity contribution in [1.29, 1.82) is 0 Å². The summed E-state index contributed by atoms with van der Waals surface area (Å²) in [5.41, 5.74) is -0.556. The van der Waals surface area contributed by atoms with Gasteiger partial charge in [0.15, 0.2) is 0 Å². The molecule has 22 heavy (non-hydrogen) atoms. The van der Waals surface area contributed by atoms with Crippen molar-refractivity contribution in [2.45, 2.75) is 71.6 Å². The molecule has 1 aliphatic heterocycles. The zero-order valence-electron chi connectivity index (χ0n) is 14.4. The van der Waals surface area contributed by atoms with Crippen LogP contribution < -0.4 is 5.32 Å². The maximum absolute atomic E-state index is 12.0. The SMILES string of the molecule is CCC(=O)N1CC(NC(=O)OC(C)(C)C)CC(C(O)CC)C1. The first-order valence-corrected chi connectivity index (χ1v) is 8.11. The number of aliphatic hydroxyl groups is 1. The maximum Gasteiger partial charge on any atom is 0.407 e. The van der Waals surface area contributed by atoms with Crippen LogP contribution in [-0.4, -0.2) is 52.8 Å². The Morgan fingerprint density at radius 3 is 2.45 bits per heavy atom. The van der Waals surface area contributed by atoms with Crippen LogP contribution in [0.5, 0.6) is 0 Å². The lowest BCUT2D eigenvalue weighted by Gasteiger charge is -2.39. The van der Waals surface area contributed by atoms with Gasteiger partial charge < -0.3 is 20.1 Å². The van der Waals surface area contributed by atoms with Gasteiger partial charge in [-0.05, 0) is 33.6 Å². The standard InChI is InChI=1S/C16H30N2O4/c1-6-13(19)11-8-12(10-18(9-11)14(20)7-2)17-15(21)22-16(3,4)5/h11-13,19H,6-10H2,1-5H3,(H,17,21). The summed E-state index contributed by atoms with van der Waals surface area (Å²) in [7, 11) is 0. The number of piperidine rings is 1. The third kappa shape index (κ3) is 5.83. The Balaban J connectivity index is 2.71. The Morgan fingerprint density at radius 2 is 1.95 bits per heavy atom. The normalized spacial score (nSPS) is 23.8. The van der Waals surface area contributed by atoms with E-state index >= 15 is 0 Å². The summed E-state index contributed by atoms with van der Waals surface area (Å²) in [6.45, 7) is 10.2. The molecule has 2 N–H and O–H groups in total. The number of nitrogens with zero attached hydrogens (tertiary/aromatic N) is 1. The van der Waals surface area contributed by atoms with Crippen molar-refractivity contribution < 1.29 is 19.4 Å². The number of alkyl carbamates (subject to hydrolysis) is 1. The van der Waals surface area contributed by atoms with E-state index in [9.17, 15) is 14.7 Å². The molecule has 3 atom stereocenters. The molecule has 0 saturated carbocycles. The second-order valence-corrected chi connectivity index (χ2v) is 6.97. The van der Waals surface area contributed by atoms with E-state index in [1.807, 2.05) is 34.6 Å². The van der Waals surface area contributed by atoms with Gasteiger partial charge in [-0.25, -0.2) is 4.79 Å². The molecule has 1 rings (SSSR count). The van der Waals surface area contributed by atoms with E-state index in [1.165, 1.54) is 0 Å². The maximum atomic E-state index is 12.0. The summed E-state index contributed by atoms with van der Waals surface area (Å²) in [4.78, 5) is 25.6. The molecule has 0 bridgehead atoms. The molecule has 1 fully saturated rings. The Hall–Kier alpha value is -1.30. The molecule has 1 aliphatic rings. The van der Waals surface area contributed by atoms with Gasteiger partial charge in [0.2, 0.25) is 5.91 Å². The Labute approximate surface area is 133 Å². The average Bonchev–Trinajstić information content (AvgIpc) is 2.42.